The van der Waals surface area contributed by atoms with Crippen molar-refractivity contribution in [1.29, 1.82) is 5.26 Å². The number of hydrogen-bond donors (Lipinski definition) is 1. The van der Waals surface area contributed by atoms with Crippen molar-refractivity contribution in [3.8, 4) is 6.07 Å². The lowest BCUT2D eigenvalue weighted by atomic mass is 9.74. The van der Waals surface area contributed by atoms with Gasteiger partial charge < -0.3 is 4.74 Å². The van der Waals surface area contributed by atoms with Crippen LogP contribution in [-0.2, 0) is 4.74 Å². The fourth-order valence-electron chi connectivity index (χ4n) is 2.95. The Balaban J connectivity index is 1.80. The van der Waals surface area contributed by atoms with E-state index in [1.807, 2.05) is 6.92 Å². The molecule has 0 atom stereocenters. The SMILES string of the molecule is CCOC1CC(C#N)(NC2CCCCC2)C1. The molecule has 2 rings (SSSR count). The second-order valence-electron chi connectivity index (χ2n) is 5.16. The quantitative estimate of drug-likeness (QED) is 0.794. The van der Waals surface area contributed by atoms with E-state index in [2.05, 4.69) is 11.4 Å². The van der Waals surface area contributed by atoms with Crippen molar-refractivity contribution in [2.24, 2.45) is 0 Å². The summed E-state index contributed by atoms with van der Waals surface area (Å²) in [5.41, 5.74) is -0.276. The predicted octanol–water partition coefficient (Wildman–Crippen LogP) is 2.37. The van der Waals surface area contributed by atoms with Crippen molar-refractivity contribution < 1.29 is 4.74 Å². The van der Waals surface area contributed by atoms with Crippen LogP contribution in [0, 0.1) is 11.3 Å². The van der Waals surface area contributed by atoms with Gasteiger partial charge in [0, 0.05) is 25.5 Å². The molecule has 0 aliphatic heterocycles. The molecule has 0 saturated heterocycles. The van der Waals surface area contributed by atoms with E-state index in [0.29, 0.717) is 12.1 Å². The fraction of sp³-hybridized carbons (Fsp3) is 0.923. The lowest BCUT2D eigenvalue weighted by molar-refractivity contribution is -0.0358. The van der Waals surface area contributed by atoms with Gasteiger partial charge in [-0.25, -0.2) is 0 Å². The average molecular weight is 222 g/mol. The van der Waals surface area contributed by atoms with E-state index in [1.54, 1.807) is 0 Å². The van der Waals surface area contributed by atoms with Crippen molar-refractivity contribution in [1.82, 2.24) is 5.32 Å². The molecule has 2 aliphatic carbocycles. The number of nitriles is 1. The van der Waals surface area contributed by atoms with Crippen LogP contribution >= 0.6 is 0 Å². The third-order valence-corrected chi connectivity index (χ3v) is 3.85. The largest absolute Gasteiger partial charge is 0.378 e. The molecule has 3 nitrogen and oxygen atoms in total. The Morgan fingerprint density at radius 3 is 2.56 bits per heavy atom. The van der Waals surface area contributed by atoms with Gasteiger partial charge in [0.05, 0.1) is 12.2 Å². The molecule has 0 bridgehead atoms. The molecular formula is C13H22N2O. The van der Waals surface area contributed by atoms with Crippen LogP contribution < -0.4 is 5.32 Å². The second-order valence-corrected chi connectivity index (χ2v) is 5.16. The van der Waals surface area contributed by atoms with Gasteiger partial charge in [-0.1, -0.05) is 19.3 Å². The summed E-state index contributed by atoms with van der Waals surface area (Å²) < 4.78 is 5.53. The van der Waals surface area contributed by atoms with E-state index in [4.69, 9.17) is 4.74 Å². The molecule has 0 radical (unpaired) electrons. The molecule has 0 unspecified atom stereocenters. The zero-order chi connectivity index (χ0) is 11.4. The maximum absolute atomic E-state index is 9.29. The number of ether oxygens (including phenoxy) is 1. The number of nitrogens with zero attached hydrogens (tertiary/aromatic N) is 1. The summed E-state index contributed by atoms with van der Waals surface area (Å²) in [6, 6.07) is 3.03. The molecule has 0 aromatic heterocycles. The second kappa shape index (κ2) is 5.16. The van der Waals surface area contributed by atoms with E-state index in [1.165, 1.54) is 32.1 Å². The Labute approximate surface area is 98.2 Å². The molecular weight excluding hydrogens is 200 g/mol. The molecule has 3 heteroatoms. The van der Waals surface area contributed by atoms with Gasteiger partial charge in [0.15, 0.2) is 0 Å². The summed E-state index contributed by atoms with van der Waals surface area (Å²) >= 11 is 0. The van der Waals surface area contributed by atoms with Crippen molar-refractivity contribution in [2.45, 2.75) is 69.6 Å². The molecule has 16 heavy (non-hydrogen) atoms. The van der Waals surface area contributed by atoms with E-state index < -0.39 is 0 Å². The summed E-state index contributed by atoms with van der Waals surface area (Å²) in [7, 11) is 0. The summed E-state index contributed by atoms with van der Waals surface area (Å²) in [4.78, 5) is 0. The Morgan fingerprint density at radius 1 is 1.31 bits per heavy atom. The Bertz CT molecular complexity index is 260. The van der Waals surface area contributed by atoms with Crippen LogP contribution in [-0.4, -0.2) is 24.3 Å². The lowest BCUT2D eigenvalue weighted by Crippen LogP contribution is -2.60. The molecule has 0 amide bonds. The van der Waals surface area contributed by atoms with Crippen molar-refractivity contribution in [3.63, 3.8) is 0 Å². The first-order chi connectivity index (χ1) is 7.78. The molecule has 2 aliphatic rings. The van der Waals surface area contributed by atoms with Crippen LogP contribution in [0.25, 0.3) is 0 Å². The van der Waals surface area contributed by atoms with Gasteiger partial charge in [-0.2, -0.15) is 5.26 Å². The third kappa shape index (κ3) is 2.56. The van der Waals surface area contributed by atoms with Crippen molar-refractivity contribution in [2.75, 3.05) is 6.61 Å². The summed E-state index contributed by atoms with van der Waals surface area (Å²) in [5.74, 6) is 0. The smallest absolute Gasteiger partial charge is 0.111 e. The number of nitrogens with one attached hydrogen (secondary N) is 1. The van der Waals surface area contributed by atoms with Crippen LogP contribution in [0.15, 0.2) is 0 Å². The fourth-order valence-corrected chi connectivity index (χ4v) is 2.95. The molecule has 2 saturated carbocycles. The molecule has 2 fully saturated rings. The van der Waals surface area contributed by atoms with Crippen LogP contribution in [0.4, 0.5) is 0 Å². The number of hydrogen-bond acceptors (Lipinski definition) is 3. The standard InChI is InChI=1S/C13H22N2O/c1-2-16-12-8-13(9-12,10-14)15-11-6-4-3-5-7-11/h11-12,15H,2-9H2,1H3. The van der Waals surface area contributed by atoms with Crippen LogP contribution in [0.1, 0.15) is 51.9 Å². The first-order valence-corrected chi connectivity index (χ1v) is 6.58. The molecule has 0 spiro atoms. The maximum Gasteiger partial charge on any atom is 0.111 e. The normalized spacial score (nSPS) is 35.4. The predicted molar refractivity (Wildman–Crippen MR) is 63.0 cm³/mol. The topological polar surface area (TPSA) is 45.0 Å². The Hall–Kier alpha value is -0.590. The zero-order valence-corrected chi connectivity index (χ0v) is 10.2. The minimum absolute atomic E-state index is 0.276. The third-order valence-electron chi connectivity index (χ3n) is 3.85. The Kier molecular flexibility index (Phi) is 3.83. The first kappa shape index (κ1) is 11.9. The van der Waals surface area contributed by atoms with Gasteiger partial charge in [0.25, 0.3) is 0 Å². The highest BCUT2D eigenvalue weighted by Gasteiger charge is 2.46. The average Bonchev–Trinajstić information content (AvgIpc) is 2.27. The molecule has 1 N–H and O–H groups in total. The lowest BCUT2D eigenvalue weighted by Gasteiger charge is -2.45. The van der Waals surface area contributed by atoms with E-state index in [0.717, 1.165) is 19.4 Å². The highest BCUT2D eigenvalue weighted by atomic mass is 16.5. The van der Waals surface area contributed by atoms with Crippen molar-refractivity contribution >= 4 is 0 Å². The molecule has 90 valence electrons. The van der Waals surface area contributed by atoms with Crippen LogP contribution in [0.2, 0.25) is 0 Å². The summed E-state index contributed by atoms with van der Waals surface area (Å²) in [5, 5.41) is 12.9. The first-order valence-electron chi connectivity index (χ1n) is 6.58. The summed E-state index contributed by atoms with van der Waals surface area (Å²) in [6.07, 6.45) is 8.51. The molecule has 0 heterocycles. The minimum Gasteiger partial charge on any atom is -0.378 e. The van der Waals surface area contributed by atoms with Gasteiger partial charge in [0.1, 0.15) is 5.54 Å². The monoisotopic (exact) mass is 222 g/mol. The van der Waals surface area contributed by atoms with Gasteiger partial charge in [-0.15, -0.1) is 0 Å². The van der Waals surface area contributed by atoms with E-state index in [9.17, 15) is 5.26 Å². The van der Waals surface area contributed by atoms with Crippen LogP contribution in [0.5, 0.6) is 0 Å². The molecule has 0 aromatic carbocycles. The van der Waals surface area contributed by atoms with Gasteiger partial charge in [-0.05, 0) is 19.8 Å². The van der Waals surface area contributed by atoms with Gasteiger partial charge in [0.2, 0.25) is 0 Å². The highest BCUT2D eigenvalue weighted by Crippen LogP contribution is 2.35. The maximum atomic E-state index is 9.29. The van der Waals surface area contributed by atoms with Gasteiger partial charge >= 0.3 is 0 Å². The molecule has 0 aromatic rings. The Morgan fingerprint density at radius 2 is 2.00 bits per heavy atom. The zero-order valence-electron chi connectivity index (χ0n) is 10.2. The van der Waals surface area contributed by atoms with E-state index >= 15 is 0 Å². The van der Waals surface area contributed by atoms with E-state index in [-0.39, 0.29) is 5.54 Å². The summed E-state index contributed by atoms with van der Waals surface area (Å²) in [6.45, 7) is 2.77. The number of rotatable bonds is 4. The van der Waals surface area contributed by atoms with Crippen LogP contribution in [0.3, 0.4) is 0 Å². The van der Waals surface area contributed by atoms with Gasteiger partial charge in [-0.3, -0.25) is 5.32 Å². The van der Waals surface area contributed by atoms with Crippen molar-refractivity contribution in [3.05, 3.63) is 0 Å². The minimum atomic E-state index is -0.276. The highest BCUT2D eigenvalue weighted by molar-refractivity contribution is 5.17.